The van der Waals surface area contributed by atoms with E-state index in [9.17, 15) is 9.18 Å². The standard InChI is InChI=1S/C13H14FN3O2/c1-16-12-7-19-6-10(12)13(18)17-11-3-2-9(14)4-8(11)5-15/h2-4,10,12,16H,6-7H2,1H3,(H,17,18). The van der Waals surface area contributed by atoms with Gasteiger partial charge < -0.3 is 15.4 Å². The highest BCUT2D eigenvalue weighted by atomic mass is 19.1. The summed E-state index contributed by atoms with van der Waals surface area (Å²) in [5, 5.41) is 14.6. The zero-order chi connectivity index (χ0) is 13.8. The summed E-state index contributed by atoms with van der Waals surface area (Å²) in [5.74, 6) is -1.06. The van der Waals surface area contributed by atoms with Crippen LogP contribution in [0.3, 0.4) is 0 Å². The van der Waals surface area contributed by atoms with E-state index >= 15 is 0 Å². The van der Waals surface area contributed by atoms with Crippen molar-refractivity contribution in [2.24, 2.45) is 5.92 Å². The summed E-state index contributed by atoms with van der Waals surface area (Å²) in [6.07, 6.45) is 0. The molecule has 19 heavy (non-hydrogen) atoms. The molecule has 0 saturated carbocycles. The molecule has 0 spiro atoms. The molecular weight excluding hydrogens is 249 g/mol. The fourth-order valence-electron chi connectivity index (χ4n) is 2.04. The lowest BCUT2D eigenvalue weighted by molar-refractivity contribution is -0.120. The van der Waals surface area contributed by atoms with E-state index in [1.807, 2.05) is 6.07 Å². The number of carbonyl (C=O) groups is 1. The van der Waals surface area contributed by atoms with Crippen molar-refractivity contribution in [3.05, 3.63) is 29.6 Å². The average molecular weight is 263 g/mol. The lowest BCUT2D eigenvalue weighted by Gasteiger charge is -2.16. The largest absolute Gasteiger partial charge is 0.379 e. The number of nitriles is 1. The Morgan fingerprint density at radius 1 is 1.53 bits per heavy atom. The van der Waals surface area contributed by atoms with Gasteiger partial charge in [-0.2, -0.15) is 5.26 Å². The highest BCUT2D eigenvalue weighted by Crippen LogP contribution is 2.20. The molecule has 5 nitrogen and oxygen atoms in total. The van der Waals surface area contributed by atoms with Gasteiger partial charge in [0.05, 0.1) is 30.4 Å². The van der Waals surface area contributed by atoms with Crippen molar-refractivity contribution in [2.45, 2.75) is 6.04 Å². The first-order valence-corrected chi connectivity index (χ1v) is 5.91. The van der Waals surface area contributed by atoms with E-state index in [0.717, 1.165) is 6.07 Å². The number of likely N-dealkylation sites (N-methyl/N-ethyl adjacent to an activating group) is 1. The molecule has 1 amide bonds. The summed E-state index contributed by atoms with van der Waals surface area (Å²) < 4.78 is 18.2. The first kappa shape index (κ1) is 13.5. The lowest BCUT2D eigenvalue weighted by Crippen LogP contribution is -2.39. The molecule has 2 atom stereocenters. The van der Waals surface area contributed by atoms with Gasteiger partial charge in [-0.25, -0.2) is 4.39 Å². The second kappa shape index (κ2) is 5.78. The Labute approximate surface area is 110 Å². The second-order valence-electron chi connectivity index (χ2n) is 4.33. The number of benzene rings is 1. The first-order valence-electron chi connectivity index (χ1n) is 5.91. The molecule has 0 radical (unpaired) electrons. The van der Waals surface area contributed by atoms with Crippen molar-refractivity contribution in [3.8, 4) is 6.07 Å². The van der Waals surface area contributed by atoms with Crippen LogP contribution in [0.15, 0.2) is 18.2 Å². The Balaban J connectivity index is 2.13. The van der Waals surface area contributed by atoms with Crippen LogP contribution in [0.1, 0.15) is 5.56 Å². The minimum atomic E-state index is -0.508. The number of hydrogen-bond acceptors (Lipinski definition) is 4. The molecule has 1 aliphatic heterocycles. The predicted molar refractivity (Wildman–Crippen MR) is 66.9 cm³/mol. The van der Waals surface area contributed by atoms with Crippen LogP contribution in [0, 0.1) is 23.1 Å². The minimum Gasteiger partial charge on any atom is -0.379 e. The molecule has 6 heteroatoms. The molecule has 1 aliphatic rings. The molecule has 100 valence electrons. The summed E-state index contributed by atoms with van der Waals surface area (Å²) in [6, 6.07) is 5.49. The molecule has 2 N–H and O–H groups in total. The van der Waals surface area contributed by atoms with E-state index < -0.39 is 5.82 Å². The Morgan fingerprint density at radius 3 is 3.00 bits per heavy atom. The van der Waals surface area contributed by atoms with Crippen LogP contribution in [-0.2, 0) is 9.53 Å². The van der Waals surface area contributed by atoms with Crippen LogP contribution in [0.5, 0.6) is 0 Å². The third-order valence-electron chi connectivity index (χ3n) is 3.15. The number of anilines is 1. The zero-order valence-electron chi connectivity index (χ0n) is 10.4. The molecule has 0 bridgehead atoms. The SMILES string of the molecule is CNC1COCC1C(=O)Nc1ccc(F)cc1C#N. The van der Waals surface area contributed by atoms with Gasteiger partial charge in [-0.05, 0) is 25.2 Å². The number of nitrogens with one attached hydrogen (secondary N) is 2. The van der Waals surface area contributed by atoms with Crippen LogP contribution >= 0.6 is 0 Å². The van der Waals surface area contributed by atoms with Gasteiger partial charge in [0.15, 0.2) is 0 Å². The smallest absolute Gasteiger partial charge is 0.231 e. The van der Waals surface area contributed by atoms with Crippen LogP contribution in [0.2, 0.25) is 0 Å². The maximum absolute atomic E-state index is 13.0. The molecule has 2 rings (SSSR count). The number of carbonyl (C=O) groups excluding carboxylic acids is 1. The minimum absolute atomic E-state index is 0.0500. The molecule has 2 unspecified atom stereocenters. The highest BCUT2D eigenvalue weighted by Gasteiger charge is 2.33. The van der Waals surface area contributed by atoms with E-state index in [0.29, 0.717) is 18.9 Å². The molecule has 1 heterocycles. The molecule has 1 aromatic carbocycles. The fraction of sp³-hybridized carbons (Fsp3) is 0.385. The Hall–Kier alpha value is -1.97. The van der Waals surface area contributed by atoms with Gasteiger partial charge >= 0.3 is 0 Å². The Morgan fingerprint density at radius 2 is 2.32 bits per heavy atom. The monoisotopic (exact) mass is 263 g/mol. The van der Waals surface area contributed by atoms with Crippen molar-refractivity contribution in [1.82, 2.24) is 5.32 Å². The van der Waals surface area contributed by atoms with E-state index in [1.54, 1.807) is 7.05 Å². The molecule has 0 aliphatic carbocycles. The predicted octanol–water partition coefficient (Wildman–Crippen LogP) is 0.870. The quantitative estimate of drug-likeness (QED) is 0.848. The van der Waals surface area contributed by atoms with Crippen molar-refractivity contribution in [2.75, 3.05) is 25.6 Å². The molecule has 0 aromatic heterocycles. The Kier molecular flexibility index (Phi) is 4.10. The van der Waals surface area contributed by atoms with Gasteiger partial charge in [0.25, 0.3) is 0 Å². The molecular formula is C13H14FN3O2. The van der Waals surface area contributed by atoms with E-state index in [2.05, 4.69) is 10.6 Å². The number of ether oxygens (including phenoxy) is 1. The van der Waals surface area contributed by atoms with Crippen LogP contribution < -0.4 is 10.6 Å². The zero-order valence-corrected chi connectivity index (χ0v) is 10.4. The lowest BCUT2D eigenvalue weighted by atomic mass is 10.0. The third-order valence-corrected chi connectivity index (χ3v) is 3.15. The summed E-state index contributed by atoms with van der Waals surface area (Å²) in [4.78, 5) is 12.1. The number of amides is 1. The summed E-state index contributed by atoms with van der Waals surface area (Å²) in [7, 11) is 1.76. The van der Waals surface area contributed by atoms with Gasteiger partial charge in [-0.3, -0.25) is 4.79 Å². The van der Waals surface area contributed by atoms with Crippen LogP contribution in [0.25, 0.3) is 0 Å². The van der Waals surface area contributed by atoms with Gasteiger partial charge in [0.1, 0.15) is 11.9 Å². The Bertz CT molecular complexity index is 527. The van der Waals surface area contributed by atoms with Gasteiger partial charge in [0, 0.05) is 6.04 Å². The van der Waals surface area contributed by atoms with Gasteiger partial charge in [0.2, 0.25) is 5.91 Å². The first-order chi connectivity index (χ1) is 9.15. The maximum atomic E-state index is 13.0. The topological polar surface area (TPSA) is 74.2 Å². The average Bonchev–Trinajstić information content (AvgIpc) is 2.89. The third kappa shape index (κ3) is 2.89. The second-order valence-corrected chi connectivity index (χ2v) is 4.33. The fourth-order valence-corrected chi connectivity index (χ4v) is 2.04. The number of hydrogen-bond donors (Lipinski definition) is 2. The van der Waals surface area contributed by atoms with Gasteiger partial charge in [-0.15, -0.1) is 0 Å². The van der Waals surface area contributed by atoms with Crippen molar-refractivity contribution >= 4 is 11.6 Å². The maximum Gasteiger partial charge on any atom is 0.231 e. The van der Waals surface area contributed by atoms with E-state index in [4.69, 9.17) is 10.00 Å². The van der Waals surface area contributed by atoms with Crippen molar-refractivity contribution in [3.63, 3.8) is 0 Å². The number of rotatable bonds is 3. The van der Waals surface area contributed by atoms with Gasteiger partial charge in [-0.1, -0.05) is 0 Å². The molecule has 1 aromatic rings. The van der Waals surface area contributed by atoms with Crippen LogP contribution in [0.4, 0.5) is 10.1 Å². The van der Waals surface area contributed by atoms with Crippen LogP contribution in [-0.4, -0.2) is 32.2 Å². The number of nitrogens with zero attached hydrogens (tertiary/aromatic N) is 1. The van der Waals surface area contributed by atoms with E-state index in [-0.39, 0.29) is 23.4 Å². The normalized spacial score (nSPS) is 21.9. The number of halogens is 1. The summed E-state index contributed by atoms with van der Waals surface area (Å²) >= 11 is 0. The summed E-state index contributed by atoms with van der Waals surface area (Å²) in [5.41, 5.74) is 0.420. The van der Waals surface area contributed by atoms with E-state index in [1.165, 1.54) is 12.1 Å². The summed E-state index contributed by atoms with van der Waals surface area (Å²) in [6.45, 7) is 0.809. The highest BCUT2D eigenvalue weighted by molar-refractivity contribution is 5.94. The van der Waals surface area contributed by atoms with Crippen molar-refractivity contribution < 1.29 is 13.9 Å². The molecule has 1 fully saturated rings. The van der Waals surface area contributed by atoms with Crippen molar-refractivity contribution in [1.29, 1.82) is 5.26 Å². The molecule has 1 saturated heterocycles.